The van der Waals surface area contributed by atoms with Gasteiger partial charge in [-0.25, -0.2) is 9.97 Å². The number of aromatic nitrogens is 2. The highest BCUT2D eigenvalue weighted by molar-refractivity contribution is 6.23. The number of Topliss-reactive ketones (excluding diaryl/α,β-unsaturated/α-hetero) is 1. The van der Waals surface area contributed by atoms with E-state index in [9.17, 15) is 9.59 Å². The van der Waals surface area contributed by atoms with E-state index >= 15 is 0 Å². The number of carbonyl (C=O) groups is 2. The van der Waals surface area contributed by atoms with E-state index in [1.165, 1.54) is 20.3 Å². The van der Waals surface area contributed by atoms with Gasteiger partial charge in [0.05, 0.1) is 31.3 Å². The number of ketones is 2. The molecule has 0 amide bonds. The summed E-state index contributed by atoms with van der Waals surface area (Å²) in [5, 5.41) is 2.95. The van der Waals surface area contributed by atoms with Crippen LogP contribution in [0.2, 0.25) is 0 Å². The number of nitrogens with one attached hydrogen (secondary N) is 1. The smallest absolute Gasteiger partial charge is 0.230 e. The molecule has 0 fully saturated rings. The second kappa shape index (κ2) is 6.35. The Labute approximate surface area is 144 Å². The van der Waals surface area contributed by atoms with E-state index in [1.807, 2.05) is 0 Å². The fraction of sp³-hybridized carbons (Fsp3) is 0.222. The van der Waals surface area contributed by atoms with Crippen molar-refractivity contribution in [2.24, 2.45) is 0 Å². The number of anilines is 1. The molecule has 128 valence electrons. The Bertz CT molecular complexity index is 919. The summed E-state index contributed by atoms with van der Waals surface area (Å²) in [5.74, 6) is 0.345. The van der Waals surface area contributed by atoms with E-state index < -0.39 is 0 Å². The second-order valence-corrected chi connectivity index (χ2v) is 5.54. The van der Waals surface area contributed by atoms with Gasteiger partial charge in [0.15, 0.2) is 11.5 Å². The molecule has 7 nitrogen and oxygen atoms in total. The Balaban J connectivity index is 1.95. The molecule has 1 aromatic carbocycles. The van der Waals surface area contributed by atoms with Crippen molar-refractivity contribution in [3.05, 3.63) is 52.7 Å². The quantitative estimate of drug-likeness (QED) is 0.915. The van der Waals surface area contributed by atoms with Gasteiger partial charge < -0.3 is 14.8 Å². The molecule has 1 heterocycles. The van der Waals surface area contributed by atoms with Crippen LogP contribution in [0.3, 0.4) is 0 Å². The zero-order chi connectivity index (χ0) is 18.1. The van der Waals surface area contributed by atoms with Crippen LogP contribution < -0.4 is 14.8 Å². The number of rotatable bonds is 4. The highest BCUT2D eigenvalue weighted by atomic mass is 16.5. The van der Waals surface area contributed by atoms with Crippen molar-refractivity contribution in [2.75, 3.05) is 19.5 Å². The fourth-order valence-electron chi connectivity index (χ4n) is 2.49. The van der Waals surface area contributed by atoms with Crippen molar-refractivity contribution in [3.8, 4) is 11.5 Å². The van der Waals surface area contributed by atoms with Crippen LogP contribution in [0.25, 0.3) is 0 Å². The highest BCUT2D eigenvalue weighted by Crippen LogP contribution is 2.31. The molecule has 3 rings (SSSR count). The maximum atomic E-state index is 12.7. The van der Waals surface area contributed by atoms with Gasteiger partial charge in [-0.1, -0.05) is 0 Å². The van der Waals surface area contributed by atoms with Crippen molar-refractivity contribution in [3.63, 3.8) is 0 Å². The van der Waals surface area contributed by atoms with Crippen LogP contribution in [0.1, 0.15) is 32.4 Å². The third-order valence-electron chi connectivity index (χ3n) is 3.94. The molecule has 1 aromatic heterocycles. The number of benzene rings is 1. The first-order valence-corrected chi connectivity index (χ1v) is 7.59. The second-order valence-electron chi connectivity index (χ2n) is 5.54. The Morgan fingerprint density at radius 1 is 0.920 bits per heavy atom. The van der Waals surface area contributed by atoms with Gasteiger partial charge >= 0.3 is 0 Å². The van der Waals surface area contributed by atoms with E-state index in [2.05, 4.69) is 15.3 Å². The lowest BCUT2D eigenvalue weighted by atomic mass is 10.0. The normalized spacial score (nSPS) is 13.2. The van der Waals surface area contributed by atoms with E-state index in [1.54, 1.807) is 32.0 Å². The lowest BCUT2D eigenvalue weighted by molar-refractivity contribution is 0.0977. The van der Waals surface area contributed by atoms with Crippen molar-refractivity contribution in [2.45, 2.75) is 13.8 Å². The average Bonchev–Trinajstić information content (AvgIpc) is 2.61. The van der Waals surface area contributed by atoms with Crippen LogP contribution in [-0.2, 0) is 0 Å². The summed E-state index contributed by atoms with van der Waals surface area (Å²) in [7, 11) is 3.06. The maximum absolute atomic E-state index is 12.7. The van der Waals surface area contributed by atoms with E-state index in [-0.39, 0.29) is 28.7 Å². The molecule has 0 radical (unpaired) electrons. The molecule has 1 aliphatic carbocycles. The number of fused-ring (bicyclic) bond motifs is 1. The number of hydrogen-bond donors (Lipinski definition) is 1. The first kappa shape index (κ1) is 16.6. The number of carbonyl (C=O) groups excluding carboxylic acids is 2. The zero-order valence-corrected chi connectivity index (χ0v) is 14.3. The molecule has 0 spiro atoms. The summed E-state index contributed by atoms with van der Waals surface area (Å²) in [4.78, 5) is 33.4. The largest absolute Gasteiger partial charge is 0.493 e. The summed E-state index contributed by atoms with van der Waals surface area (Å²) < 4.78 is 10.4. The lowest BCUT2D eigenvalue weighted by Crippen LogP contribution is -2.25. The molecular weight excluding hydrogens is 322 g/mol. The van der Waals surface area contributed by atoms with Crippen molar-refractivity contribution in [1.29, 1.82) is 0 Å². The van der Waals surface area contributed by atoms with Gasteiger partial charge in [0.1, 0.15) is 11.4 Å². The van der Waals surface area contributed by atoms with Crippen LogP contribution in [0.5, 0.6) is 11.5 Å². The minimum atomic E-state index is -0.375. The molecule has 0 unspecified atom stereocenters. The van der Waals surface area contributed by atoms with Gasteiger partial charge in [-0.05, 0) is 26.0 Å². The standard InChI is InChI=1S/C18H17N3O4/c1-9-10(2)20-17-16(19-9)13(22)8-12(18(17)23)21-11-5-6-14(24-3)15(7-11)25-4/h5-8,21H,1-4H3. The van der Waals surface area contributed by atoms with Crippen molar-refractivity contribution >= 4 is 17.3 Å². The van der Waals surface area contributed by atoms with Crippen molar-refractivity contribution < 1.29 is 19.1 Å². The Morgan fingerprint density at radius 3 is 2.20 bits per heavy atom. The molecule has 2 aromatic rings. The predicted molar refractivity (Wildman–Crippen MR) is 91.4 cm³/mol. The number of nitrogens with zero attached hydrogens (tertiary/aromatic N) is 2. The summed E-state index contributed by atoms with van der Waals surface area (Å²) in [6.45, 7) is 3.50. The molecule has 25 heavy (non-hydrogen) atoms. The summed E-state index contributed by atoms with van der Waals surface area (Å²) >= 11 is 0. The van der Waals surface area contributed by atoms with Crippen LogP contribution >= 0.6 is 0 Å². The Morgan fingerprint density at radius 2 is 1.56 bits per heavy atom. The molecule has 7 heteroatoms. The monoisotopic (exact) mass is 339 g/mol. The number of ether oxygens (including phenoxy) is 2. The first-order valence-electron chi connectivity index (χ1n) is 7.59. The SMILES string of the molecule is COc1ccc(NC2=CC(=O)c3nc(C)c(C)nc3C2=O)cc1OC. The maximum Gasteiger partial charge on any atom is 0.230 e. The third kappa shape index (κ3) is 2.96. The zero-order valence-electron chi connectivity index (χ0n) is 14.3. The van der Waals surface area contributed by atoms with E-state index in [4.69, 9.17) is 9.47 Å². The van der Waals surface area contributed by atoms with Crippen LogP contribution in [0.15, 0.2) is 30.0 Å². The van der Waals surface area contributed by atoms with Gasteiger partial charge in [0.25, 0.3) is 0 Å². The average molecular weight is 339 g/mol. The molecule has 1 N–H and O–H groups in total. The van der Waals surface area contributed by atoms with E-state index in [0.29, 0.717) is 28.6 Å². The van der Waals surface area contributed by atoms with Crippen LogP contribution in [0.4, 0.5) is 5.69 Å². The van der Waals surface area contributed by atoms with Crippen LogP contribution in [-0.4, -0.2) is 35.8 Å². The topological polar surface area (TPSA) is 90.4 Å². The lowest BCUT2D eigenvalue weighted by Gasteiger charge is -2.17. The summed E-state index contributed by atoms with van der Waals surface area (Å²) in [6, 6.07) is 5.11. The third-order valence-corrected chi connectivity index (χ3v) is 3.94. The molecule has 0 atom stereocenters. The molecule has 1 aliphatic rings. The van der Waals surface area contributed by atoms with Gasteiger partial charge in [0.2, 0.25) is 11.6 Å². The number of allylic oxidation sites excluding steroid dienone is 2. The molecule has 0 saturated carbocycles. The van der Waals surface area contributed by atoms with E-state index in [0.717, 1.165) is 0 Å². The summed E-state index contributed by atoms with van der Waals surface area (Å²) in [5.41, 5.74) is 2.13. The minimum absolute atomic E-state index is 0.0681. The number of aryl methyl sites for hydroxylation is 2. The summed E-state index contributed by atoms with van der Waals surface area (Å²) in [6.07, 6.45) is 1.24. The molecule has 0 aliphatic heterocycles. The van der Waals surface area contributed by atoms with Crippen LogP contribution in [0, 0.1) is 13.8 Å². The number of hydrogen-bond acceptors (Lipinski definition) is 7. The fourth-order valence-corrected chi connectivity index (χ4v) is 2.49. The van der Waals surface area contributed by atoms with Gasteiger partial charge in [0, 0.05) is 17.8 Å². The van der Waals surface area contributed by atoms with Gasteiger partial charge in [-0.15, -0.1) is 0 Å². The first-order chi connectivity index (χ1) is 11.9. The number of methoxy groups -OCH3 is 2. The Hall–Kier alpha value is -3.22. The Kier molecular flexibility index (Phi) is 4.22. The minimum Gasteiger partial charge on any atom is -0.493 e. The molecule has 0 bridgehead atoms. The molecular formula is C18H17N3O4. The molecule has 0 saturated heterocycles. The van der Waals surface area contributed by atoms with Gasteiger partial charge in [-0.2, -0.15) is 0 Å². The van der Waals surface area contributed by atoms with Gasteiger partial charge in [-0.3, -0.25) is 9.59 Å². The van der Waals surface area contributed by atoms with Crippen molar-refractivity contribution in [1.82, 2.24) is 9.97 Å². The highest BCUT2D eigenvalue weighted by Gasteiger charge is 2.29. The predicted octanol–water partition coefficient (Wildman–Crippen LogP) is 2.49.